The first kappa shape index (κ1) is 25.2. The van der Waals surface area contributed by atoms with E-state index in [1.54, 1.807) is 7.11 Å². The van der Waals surface area contributed by atoms with E-state index >= 15 is 0 Å². The minimum Gasteiger partial charge on any atom is -0.497 e. The average Bonchev–Trinajstić information content (AvgIpc) is 3.16. The molecule has 0 aliphatic carbocycles. The Labute approximate surface area is 200 Å². The summed E-state index contributed by atoms with van der Waals surface area (Å²) in [6.07, 6.45) is 2.09. The molecule has 2 aromatic carbocycles. The van der Waals surface area contributed by atoms with Gasteiger partial charge in [0.2, 0.25) is 15.9 Å². The molecular weight excluding hydrogens is 485 g/mol. The lowest BCUT2D eigenvalue weighted by atomic mass is 10.1. The molecule has 3 rings (SSSR count). The number of carbonyl (C=O) groups is 1. The first-order valence-corrected chi connectivity index (χ1v) is 13.6. The van der Waals surface area contributed by atoms with Gasteiger partial charge in [-0.25, -0.2) is 17.8 Å². The fourth-order valence-corrected chi connectivity index (χ4v) is 5.67. The maximum absolute atomic E-state index is 14.1. The Morgan fingerprint density at radius 1 is 1.21 bits per heavy atom. The number of aryl methyl sites for hydroxylation is 1. The number of nitrogens with zero attached hydrogens (tertiary/aromatic N) is 1. The van der Waals surface area contributed by atoms with Gasteiger partial charge in [-0.2, -0.15) is 16.5 Å². The largest absolute Gasteiger partial charge is 0.497 e. The number of sulfonamides is 1. The van der Waals surface area contributed by atoms with Gasteiger partial charge in [-0.05, 0) is 61.8 Å². The summed E-state index contributed by atoms with van der Waals surface area (Å²) in [5, 5.41) is 3.06. The van der Waals surface area contributed by atoms with Gasteiger partial charge >= 0.3 is 0 Å². The van der Waals surface area contributed by atoms with E-state index in [1.165, 1.54) is 35.2 Å². The van der Waals surface area contributed by atoms with Crippen LogP contribution in [0.15, 0.2) is 53.4 Å². The summed E-state index contributed by atoms with van der Waals surface area (Å²) < 4.78 is 47.0. The van der Waals surface area contributed by atoms with E-state index in [4.69, 9.17) is 4.74 Å². The molecule has 1 heterocycles. The fourth-order valence-electron chi connectivity index (χ4n) is 3.05. The van der Waals surface area contributed by atoms with Gasteiger partial charge in [-0.15, -0.1) is 11.3 Å². The lowest BCUT2D eigenvalue weighted by Gasteiger charge is -2.17. The number of benzene rings is 2. The molecule has 11 heteroatoms. The monoisotopic (exact) mass is 509 g/mol. The van der Waals surface area contributed by atoms with Crippen molar-refractivity contribution in [3.8, 4) is 17.0 Å². The Morgan fingerprint density at radius 2 is 1.91 bits per heavy atom. The summed E-state index contributed by atoms with van der Waals surface area (Å²) in [6.45, 7) is 1.89. The van der Waals surface area contributed by atoms with Gasteiger partial charge in [0.25, 0.3) is 0 Å². The maximum Gasteiger partial charge on any atom is 0.244 e. The average molecular weight is 510 g/mol. The predicted molar refractivity (Wildman–Crippen MR) is 131 cm³/mol. The molecule has 0 radical (unpaired) electrons. The number of thioether (sulfide) groups is 1. The quantitative estimate of drug-likeness (QED) is 0.423. The van der Waals surface area contributed by atoms with Crippen LogP contribution in [0, 0.1) is 12.7 Å². The minimum atomic E-state index is -4.23. The third kappa shape index (κ3) is 6.32. The lowest BCUT2D eigenvalue weighted by Crippen LogP contribution is -2.44. The molecule has 1 amide bonds. The Hall–Kier alpha value is -2.47. The molecule has 7 nitrogen and oxygen atoms in total. The summed E-state index contributed by atoms with van der Waals surface area (Å²) in [5.74, 6) is -0.182. The Kier molecular flexibility index (Phi) is 8.46. The summed E-state index contributed by atoms with van der Waals surface area (Å²) in [7, 11) is -2.65. The highest BCUT2D eigenvalue weighted by atomic mass is 32.2. The van der Waals surface area contributed by atoms with Crippen molar-refractivity contribution in [1.82, 2.24) is 9.71 Å². The van der Waals surface area contributed by atoms with Crippen LogP contribution >= 0.6 is 23.1 Å². The van der Waals surface area contributed by atoms with Crippen molar-refractivity contribution in [3.05, 3.63) is 59.2 Å². The highest BCUT2D eigenvalue weighted by Crippen LogP contribution is 2.31. The van der Waals surface area contributed by atoms with Gasteiger partial charge in [0, 0.05) is 10.4 Å². The topological polar surface area (TPSA) is 97.4 Å². The molecule has 0 bridgehead atoms. The van der Waals surface area contributed by atoms with Crippen molar-refractivity contribution >= 4 is 44.2 Å². The van der Waals surface area contributed by atoms with Crippen molar-refractivity contribution in [2.45, 2.75) is 24.3 Å². The van der Waals surface area contributed by atoms with Crippen molar-refractivity contribution in [1.29, 1.82) is 0 Å². The number of ether oxygens (including phenoxy) is 1. The molecule has 3 aromatic rings. The summed E-state index contributed by atoms with van der Waals surface area (Å²) in [6, 6.07) is 11.3. The summed E-state index contributed by atoms with van der Waals surface area (Å²) >= 11 is 2.76. The van der Waals surface area contributed by atoms with Crippen molar-refractivity contribution < 1.29 is 22.3 Å². The number of aromatic nitrogens is 1. The molecule has 0 fully saturated rings. The zero-order valence-electron chi connectivity index (χ0n) is 18.3. The van der Waals surface area contributed by atoms with E-state index in [-0.39, 0.29) is 6.42 Å². The van der Waals surface area contributed by atoms with Crippen molar-refractivity contribution in [2.24, 2.45) is 0 Å². The molecule has 0 aliphatic rings. The van der Waals surface area contributed by atoms with Crippen molar-refractivity contribution in [3.63, 3.8) is 0 Å². The Balaban J connectivity index is 1.79. The molecule has 0 spiro atoms. The van der Waals surface area contributed by atoms with Crippen LogP contribution in [0.25, 0.3) is 11.3 Å². The number of halogens is 1. The van der Waals surface area contributed by atoms with Crippen LogP contribution in [0.2, 0.25) is 0 Å². The van der Waals surface area contributed by atoms with Gasteiger partial charge in [0.05, 0.1) is 12.8 Å². The second-order valence-corrected chi connectivity index (χ2v) is 10.9. The van der Waals surface area contributed by atoms with Crippen LogP contribution in [0.3, 0.4) is 0 Å². The number of anilines is 1. The highest BCUT2D eigenvalue weighted by molar-refractivity contribution is 7.98. The Bertz CT molecular complexity index is 1210. The van der Waals surface area contributed by atoms with Gasteiger partial charge in [0.15, 0.2) is 5.13 Å². The van der Waals surface area contributed by atoms with Crippen LogP contribution in [0.4, 0.5) is 9.52 Å². The molecule has 0 saturated heterocycles. The Morgan fingerprint density at radius 3 is 2.55 bits per heavy atom. The molecule has 0 unspecified atom stereocenters. The first-order valence-electron chi connectivity index (χ1n) is 9.93. The molecule has 0 saturated carbocycles. The number of amides is 1. The normalized spacial score (nSPS) is 12.4. The zero-order valence-corrected chi connectivity index (χ0v) is 20.7. The van der Waals surface area contributed by atoms with E-state index in [9.17, 15) is 17.6 Å². The van der Waals surface area contributed by atoms with E-state index in [0.717, 1.165) is 28.3 Å². The second kappa shape index (κ2) is 11.1. The predicted octanol–water partition coefficient (Wildman–Crippen LogP) is 4.30. The molecule has 0 aliphatic heterocycles. The number of rotatable bonds is 10. The molecule has 176 valence electrons. The van der Waals surface area contributed by atoms with E-state index in [2.05, 4.69) is 15.0 Å². The van der Waals surface area contributed by atoms with Gasteiger partial charge in [-0.1, -0.05) is 12.1 Å². The number of hydrogen-bond donors (Lipinski definition) is 2. The second-order valence-electron chi connectivity index (χ2n) is 7.03. The molecule has 2 N–H and O–H groups in total. The summed E-state index contributed by atoms with van der Waals surface area (Å²) in [5.41, 5.74) is 1.58. The third-order valence-electron chi connectivity index (χ3n) is 4.74. The van der Waals surface area contributed by atoms with Crippen LogP contribution < -0.4 is 14.8 Å². The molecular formula is C22H24FN3O4S3. The standard InChI is InChI=1S/C22H24FN3O4S3/c1-14-20(15-8-10-16(30-2)11-9-15)24-22(32-14)25-21(27)18(12-13-31-3)26-33(28,29)19-7-5-4-6-17(19)23/h4-11,18,26H,12-13H2,1-3H3,(H,24,25,27)/t18-/m0/s1. The van der Waals surface area contributed by atoms with E-state index < -0.39 is 32.7 Å². The third-order valence-corrected chi connectivity index (χ3v) is 7.78. The number of nitrogens with one attached hydrogen (secondary N) is 2. The molecule has 1 aromatic heterocycles. The van der Waals surface area contributed by atoms with Crippen LogP contribution in [0.5, 0.6) is 5.75 Å². The van der Waals surface area contributed by atoms with Crippen LogP contribution in [-0.2, 0) is 14.8 Å². The highest BCUT2D eigenvalue weighted by Gasteiger charge is 2.28. The van der Waals surface area contributed by atoms with Gasteiger partial charge in [0.1, 0.15) is 22.5 Å². The van der Waals surface area contributed by atoms with Crippen LogP contribution in [-0.4, -0.2) is 44.5 Å². The zero-order chi connectivity index (χ0) is 24.0. The number of hydrogen-bond acceptors (Lipinski definition) is 7. The van der Waals surface area contributed by atoms with E-state index in [1.807, 2.05) is 37.4 Å². The number of thiazole rings is 1. The van der Waals surface area contributed by atoms with Crippen LogP contribution in [0.1, 0.15) is 11.3 Å². The molecule has 1 atom stereocenters. The minimum absolute atomic E-state index is 0.233. The van der Waals surface area contributed by atoms with E-state index in [0.29, 0.717) is 16.6 Å². The number of methoxy groups -OCH3 is 1. The lowest BCUT2D eigenvalue weighted by molar-refractivity contribution is -0.117. The molecule has 33 heavy (non-hydrogen) atoms. The SMILES string of the molecule is COc1ccc(-c2nc(NC(=O)[C@H](CCSC)NS(=O)(=O)c3ccccc3F)sc2C)cc1. The number of carbonyl (C=O) groups excluding carboxylic acids is 1. The van der Waals surface area contributed by atoms with Gasteiger partial charge < -0.3 is 10.1 Å². The summed E-state index contributed by atoms with van der Waals surface area (Å²) in [4.78, 5) is 17.9. The first-order chi connectivity index (χ1) is 15.7. The van der Waals surface area contributed by atoms with Crippen molar-refractivity contribution in [2.75, 3.05) is 24.4 Å². The smallest absolute Gasteiger partial charge is 0.244 e. The van der Waals surface area contributed by atoms with Gasteiger partial charge in [-0.3, -0.25) is 4.79 Å². The fraction of sp³-hybridized carbons (Fsp3) is 0.273. The maximum atomic E-state index is 14.1.